The Bertz CT molecular complexity index is 1860. The van der Waals surface area contributed by atoms with Gasteiger partial charge in [-0.3, -0.25) is 23.7 Å². The fourth-order valence-corrected chi connectivity index (χ4v) is 9.94. The third-order valence-corrected chi connectivity index (χ3v) is 13.9. The van der Waals surface area contributed by atoms with E-state index >= 15 is 0 Å². The molecule has 75 heavy (non-hydrogen) atoms. The summed E-state index contributed by atoms with van der Waals surface area (Å²) in [5.74, 6) is -2.90. The molecule has 28 nitrogen and oxygen atoms in total. The second kappa shape index (κ2) is 31.6. The van der Waals surface area contributed by atoms with Crippen molar-refractivity contribution in [3.8, 4) is 0 Å². The average Bonchev–Trinajstić information content (AvgIpc) is 3.34. The Morgan fingerprint density at radius 3 is 1.23 bits per heavy atom. The van der Waals surface area contributed by atoms with Crippen molar-refractivity contribution in [2.45, 2.75) is 240 Å². The molecular formula is C46H82N4O24S. The van der Waals surface area contributed by atoms with Gasteiger partial charge in [0.15, 0.2) is 25.2 Å². The standard InChI is InChI=1S/C46H82N4O24S/c1-5-6-7-8-9-10-11-12-13-14-15-16-17-18-30(57)50-32-36(59)35(58)26(19-51)69-44(32)72-40-27(20-52)70-45(33(38(40)61)48-24(3)55)73-41-28(21-53)71-46(34(39(41)62)49-25(4)56)74-42-29(22-67-75(64,65)66)68-43(63)31(37(42)60)47-23(2)54/h26-29,31-46,51-53,58-63H,5-22H2,1-4H3,(H,47,54)(H,48,55)(H,49,56)(H,50,57)(H,64,65,66)/t26-,27-,28-,29-,31-,32-,33-,34-,35-,36-,37-,38-,39-,40-,41-,42-,43?,44+,45+,46+/m1/s1. The summed E-state index contributed by atoms with van der Waals surface area (Å²) in [7, 11) is -5.15. The van der Waals surface area contributed by atoms with Gasteiger partial charge in [0.1, 0.15) is 97.4 Å². The fraction of sp³-hybridized carbons (Fsp3) is 0.913. The van der Waals surface area contributed by atoms with Gasteiger partial charge in [-0.05, 0) is 6.42 Å². The summed E-state index contributed by atoms with van der Waals surface area (Å²) in [5, 5.41) is 109. The molecule has 4 aliphatic heterocycles. The van der Waals surface area contributed by atoms with Gasteiger partial charge in [-0.2, -0.15) is 8.42 Å². The molecule has 436 valence electrons. The Balaban J connectivity index is 1.49. The van der Waals surface area contributed by atoms with Gasteiger partial charge in [0.2, 0.25) is 23.6 Å². The zero-order chi connectivity index (χ0) is 55.6. The van der Waals surface area contributed by atoms with Crippen LogP contribution in [-0.2, 0) is 66.9 Å². The summed E-state index contributed by atoms with van der Waals surface area (Å²) >= 11 is 0. The Hall–Kier alpha value is -2.89. The van der Waals surface area contributed by atoms with Gasteiger partial charge < -0.3 is 100 Å². The van der Waals surface area contributed by atoms with Crippen molar-refractivity contribution in [3.63, 3.8) is 0 Å². The molecule has 0 bridgehead atoms. The van der Waals surface area contributed by atoms with E-state index < -0.39 is 183 Å². The van der Waals surface area contributed by atoms with Gasteiger partial charge in [-0.15, -0.1) is 0 Å². The lowest BCUT2D eigenvalue weighted by Gasteiger charge is -2.51. The lowest BCUT2D eigenvalue weighted by Crippen LogP contribution is -2.71. The number of rotatable bonds is 30. The molecule has 14 N–H and O–H groups in total. The monoisotopic (exact) mass is 1110 g/mol. The molecule has 4 fully saturated rings. The summed E-state index contributed by atoms with van der Waals surface area (Å²) in [5.41, 5.74) is 0. The van der Waals surface area contributed by atoms with Crippen LogP contribution in [0.1, 0.15) is 118 Å². The van der Waals surface area contributed by atoms with E-state index in [1.54, 1.807) is 0 Å². The van der Waals surface area contributed by atoms with Crippen LogP contribution in [0.15, 0.2) is 0 Å². The molecule has 0 aromatic rings. The number of carbonyl (C=O) groups is 4. The third kappa shape index (κ3) is 19.5. The molecule has 0 spiro atoms. The van der Waals surface area contributed by atoms with E-state index in [1.807, 2.05) is 0 Å². The number of aliphatic hydroxyl groups is 9. The third-order valence-electron chi connectivity index (χ3n) is 13.5. The van der Waals surface area contributed by atoms with E-state index in [0.29, 0.717) is 6.42 Å². The molecule has 0 aromatic carbocycles. The molecule has 29 heteroatoms. The predicted octanol–water partition coefficient (Wildman–Crippen LogP) is -3.89. The highest BCUT2D eigenvalue weighted by molar-refractivity contribution is 7.80. The first-order valence-electron chi connectivity index (χ1n) is 25.8. The topological polar surface area (TPSA) is 427 Å². The van der Waals surface area contributed by atoms with Crippen molar-refractivity contribution < 1.29 is 115 Å². The normalized spacial score (nSPS) is 36.3. The Morgan fingerprint density at radius 1 is 0.467 bits per heavy atom. The van der Waals surface area contributed by atoms with E-state index in [2.05, 4.69) is 32.4 Å². The quantitative estimate of drug-likeness (QED) is 0.0242. The number of ether oxygens (including phenoxy) is 7. The summed E-state index contributed by atoms with van der Waals surface area (Å²) < 4.78 is 77.9. The Kier molecular flexibility index (Phi) is 27.3. The zero-order valence-electron chi connectivity index (χ0n) is 42.9. The average molecular weight is 1110 g/mol. The maximum absolute atomic E-state index is 13.3. The highest BCUT2D eigenvalue weighted by Crippen LogP contribution is 2.35. The first-order chi connectivity index (χ1) is 35.5. The number of hydrogen-bond acceptors (Lipinski definition) is 23. The summed E-state index contributed by atoms with van der Waals surface area (Å²) in [6, 6.07) is -6.57. The molecule has 0 aromatic heterocycles. The SMILES string of the molecule is CCCCCCCCCCCCCCCC(=O)N[C@H]1[C@H](O[C@H]2[C@H](O)[C@@H](NC(C)=O)[C@H](O[C@H]3[C@H](O)[C@@H](NC(C)=O)[C@H](O[C@H]4[C@H](O)[C@@H](NC(C)=O)C(O)O[C@@H]4COS(=O)(=O)O)O[C@@H]3CO)O[C@@H]2CO)O[C@H](CO)[C@@H](O)[C@@H]1O. The van der Waals surface area contributed by atoms with Crippen LogP contribution in [0, 0.1) is 0 Å². The van der Waals surface area contributed by atoms with Gasteiger partial charge in [-0.25, -0.2) is 4.18 Å². The molecule has 1 unspecified atom stereocenters. The van der Waals surface area contributed by atoms with Crippen LogP contribution < -0.4 is 21.3 Å². The van der Waals surface area contributed by atoms with E-state index in [4.69, 9.17) is 33.2 Å². The minimum Gasteiger partial charge on any atom is -0.394 e. The van der Waals surface area contributed by atoms with Crippen LogP contribution in [0.4, 0.5) is 0 Å². The number of amides is 4. The molecule has 4 aliphatic rings. The van der Waals surface area contributed by atoms with Gasteiger partial charge in [0.05, 0.1) is 26.4 Å². The molecule has 4 heterocycles. The number of aliphatic hydroxyl groups excluding tert-OH is 9. The van der Waals surface area contributed by atoms with Gasteiger partial charge in [0, 0.05) is 27.2 Å². The van der Waals surface area contributed by atoms with Crippen LogP contribution in [0.2, 0.25) is 0 Å². The first kappa shape index (κ1) is 64.6. The van der Waals surface area contributed by atoms with Crippen LogP contribution >= 0.6 is 0 Å². The van der Waals surface area contributed by atoms with Crippen molar-refractivity contribution in [1.29, 1.82) is 0 Å². The van der Waals surface area contributed by atoms with Crippen LogP contribution in [0.5, 0.6) is 0 Å². The minimum absolute atomic E-state index is 0.0409. The van der Waals surface area contributed by atoms with Gasteiger partial charge in [-0.1, -0.05) is 84.0 Å². The summed E-state index contributed by atoms with van der Waals surface area (Å²) in [4.78, 5) is 50.5. The van der Waals surface area contributed by atoms with Gasteiger partial charge in [0.25, 0.3) is 0 Å². The Labute approximate surface area is 436 Å². The summed E-state index contributed by atoms with van der Waals surface area (Å²) in [6.45, 7) is 1.43. The van der Waals surface area contributed by atoms with E-state index in [1.165, 1.54) is 44.9 Å². The lowest BCUT2D eigenvalue weighted by molar-refractivity contribution is -0.361. The van der Waals surface area contributed by atoms with Crippen molar-refractivity contribution in [2.24, 2.45) is 0 Å². The van der Waals surface area contributed by atoms with Crippen molar-refractivity contribution in [1.82, 2.24) is 21.3 Å². The van der Waals surface area contributed by atoms with Crippen LogP contribution in [-0.4, -0.2) is 232 Å². The minimum atomic E-state index is -5.15. The highest BCUT2D eigenvalue weighted by Gasteiger charge is 2.56. The number of unbranched alkanes of at least 4 members (excludes halogenated alkanes) is 12. The molecule has 0 radical (unpaired) electrons. The molecule has 4 saturated heterocycles. The maximum Gasteiger partial charge on any atom is 0.397 e. The highest BCUT2D eigenvalue weighted by atomic mass is 32.3. The van der Waals surface area contributed by atoms with Crippen molar-refractivity contribution in [3.05, 3.63) is 0 Å². The second-order valence-electron chi connectivity index (χ2n) is 19.5. The summed E-state index contributed by atoms with van der Waals surface area (Å²) in [6.07, 6.45) is -14.6. The van der Waals surface area contributed by atoms with Gasteiger partial charge >= 0.3 is 10.4 Å². The van der Waals surface area contributed by atoms with E-state index in [-0.39, 0.29) is 6.42 Å². The number of hydrogen-bond donors (Lipinski definition) is 14. The molecule has 20 atom stereocenters. The number of carbonyl (C=O) groups excluding carboxylic acids is 4. The van der Waals surface area contributed by atoms with Crippen LogP contribution in [0.3, 0.4) is 0 Å². The second-order valence-corrected chi connectivity index (χ2v) is 20.6. The molecular weight excluding hydrogens is 1020 g/mol. The van der Waals surface area contributed by atoms with E-state index in [0.717, 1.165) is 52.9 Å². The zero-order valence-corrected chi connectivity index (χ0v) is 43.7. The molecule has 4 amide bonds. The first-order valence-corrected chi connectivity index (χ1v) is 27.1. The lowest BCUT2D eigenvalue weighted by atomic mass is 9.93. The predicted molar refractivity (Wildman–Crippen MR) is 255 cm³/mol. The smallest absolute Gasteiger partial charge is 0.394 e. The van der Waals surface area contributed by atoms with Crippen molar-refractivity contribution in [2.75, 3.05) is 26.4 Å². The largest absolute Gasteiger partial charge is 0.397 e. The van der Waals surface area contributed by atoms with Crippen molar-refractivity contribution >= 4 is 34.0 Å². The van der Waals surface area contributed by atoms with Crippen LogP contribution in [0.25, 0.3) is 0 Å². The van der Waals surface area contributed by atoms with E-state index in [9.17, 15) is 78.1 Å². The molecule has 4 rings (SSSR count). The number of nitrogens with one attached hydrogen (secondary N) is 4. The maximum atomic E-state index is 13.3. The Morgan fingerprint density at radius 2 is 0.827 bits per heavy atom. The molecule has 0 saturated carbocycles. The molecule has 0 aliphatic carbocycles. The fourth-order valence-electron chi connectivity index (χ4n) is 9.64.